The largest absolute Gasteiger partial charge is 0.350 e. The maximum Gasteiger partial charge on any atom is 0.0510 e. The van der Waals surface area contributed by atoms with E-state index < -0.39 is 0 Å². The van der Waals surface area contributed by atoms with E-state index in [1.54, 1.807) is 0 Å². The van der Waals surface area contributed by atoms with E-state index >= 15 is 0 Å². The van der Waals surface area contributed by atoms with Crippen LogP contribution >= 0.6 is 12.6 Å². The van der Waals surface area contributed by atoms with Gasteiger partial charge in [0, 0.05) is 24.4 Å². The van der Waals surface area contributed by atoms with Crippen molar-refractivity contribution in [3.63, 3.8) is 0 Å². The zero-order valence-corrected chi connectivity index (χ0v) is 8.81. The predicted octanol–water partition coefficient (Wildman–Crippen LogP) is 2.92. The standard InChI is InChI=1S/C11H13NS/c1-8-4-3-5-10-9(7-13)6-12(2)11(8)10/h3-6,13H,7H2,1-2H3. The van der Waals surface area contributed by atoms with Crippen LogP contribution in [0.15, 0.2) is 24.4 Å². The molecule has 0 saturated carbocycles. The van der Waals surface area contributed by atoms with Crippen molar-refractivity contribution >= 4 is 23.5 Å². The molecule has 0 atom stereocenters. The van der Waals surface area contributed by atoms with Crippen molar-refractivity contribution in [3.8, 4) is 0 Å². The lowest BCUT2D eigenvalue weighted by Crippen LogP contribution is -1.86. The Morgan fingerprint density at radius 1 is 1.38 bits per heavy atom. The summed E-state index contributed by atoms with van der Waals surface area (Å²) < 4.78 is 2.18. The quantitative estimate of drug-likeness (QED) is 0.661. The number of benzene rings is 1. The molecular formula is C11H13NS. The van der Waals surface area contributed by atoms with Crippen molar-refractivity contribution in [1.82, 2.24) is 4.57 Å². The fraction of sp³-hybridized carbons (Fsp3) is 0.273. The van der Waals surface area contributed by atoms with Gasteiger partial charge in [-0.1, -0.05) is 18.2 Å². The Balaban J connectivity index is 2.87. The Labute approximate surface area is 83.8 Å². The van der Waals surface area contributed by atoms with Crippen molar-refractivity contribution in [3.05, 3.63) is 35.5 Å². The molecule has 0 unspecified atom stereocenters. The molecule has 0 amide bonds. The second-order valence-corrected chi connectivity index (χ2v) is 3.71. The molecule has 0 N–H and O–H groups in total. The molecule has 1 aromatic heterocycles. The van der Waals surface area contributed by atoms with Gasteiger partial charge >= 0.3 is 0 Å². The molecule has 0 aliphatic rings. The molecule has 2 aromatic rings. The van der Waals surface area contributed by atoms with Gasteiger partial charge < -0.3 is 4.57 Å². The molecule has 1 nitrogen and oxygen atoms in total. The first-order chi connectivity index (χ1) is 6.24. The zero-order valence-electron chi connectivity index (χ0n) is 7.91. The third-order valence-electron chi connectivity index (χ3n) is 2.46. The lowest BCUT2D eigenvalue weighted by atomic mass is 10.1. The van der Waals surface area contributed by atoms with Gasteiger partial charge in [-0.05, 0) is 18.1 Å². The first-order valence-electron chi connectivity index (χ1n) is 4.38. The number of rotatable bonds is 1. The molecule has 0 spiro atoms. The molecule has 0 fully saturated rings. The Kier molecular flexibility index (Phi) is 2.08. The number of para-hydroxylation sites is 1. The van der Waals surface area contributed by atoms with E-state index in [1.165, 1.54) is 22.0 Å². The van der Waals surface area contributed by atoms with Gasteiger partial charge in [-0.3, -0.25) is 0 Å². The second kappa shape index (κ2) is 3.11. The van der Waals surface area contributed by atoms with Crippen molar-refractivity contribution in [2.24, 2.45) is 7.05 Å². The second-order valence-electron chi connectivity index (χ2n) is 3.39. The van der Waals surface area contributed by atoms with Crippen LogP contribution in [-0.4, -0.2) is 4.57 Å². The molecule has 1 aromatic carbocycles. The van der Waals surface area contributed by atoms with Gasteiger partial charge in [0.25, 0.3) is 0 Å². The van der Waals surface area contributed by atoms with E-state index in [2.05, 4.69) is 55.6 Å². The topological polar surface area (TPSA) is 4.93 Å². The van der Waals surface area contributed by atoms with E-state index in [9.17, 15) is 0 Å². The summed E-state index contributed by atoms with van der Waals surface area (Å²) in [6.45, 7) is 2.14. The maximum atomic E-state index is 4.32. The van der Waals surface area contributed by atoms with Crippen LogP contribution in [0.1, 0.15) is 11.1 Å². The zero-order chi connectivity index (χ0) is 9.42. The van der Waals surface area contributed by atoms with E-state index in [0.29, 0.717) is 0 Å². The molecule has 1 heterocycles. The Morgan fingerprint density at radius 2 is 2.15 bits per heavy atom. The third-order valence-corrected chi connectivity index (χ3v) is 2.80. The number of fused-ring (bicyclic) bond motifs is 1. The van der Waals surface area contributed by atoms with Crippen molar-refractivity contribution in [1.29, 1.82) is 0 Å². The molecule has 2 rings (SSSR count). The maximum absolute atomic E-state index is 4.32. The minimum atomic E-state index is 0.806. The summed E-state index contributed by atoms with van der Waals surface area (Å²) in [6, 6.07) is 6.41. The summed E-state index contributed by atoms with van der Waals surface area (Å²) in [6.07, 6.45) is 2.16. The van der Waals surface area contributed by atoms with Crippen LogP contribution in [0.25, 0.3) is 10.9 Å². The van der Waals surface area contributed by atoms with Gasteiger partial charge in [0.05, 0.1) is 5.52 Å². The monoisotopic (exact) mass is 191 g/mol. The van der Waals surface area contributed by atoms with Gasteiger partial charge in [0.15, 0.2) is 0 Å². The SMILES string of the molecule is Cc1cccc2c(CS)cn(C)c12. The van der Waals surface area contributed by atoms with E-state index in [1.807, 2.05) is 0 Å². The highest BCUT2D eigenvalue weighted by molar-refractivity contribution is 7.79. The van der Waals surface area contributed by atoms with Crippen molar-refractivity contribution < 1.29 is 0 Å². The van der Waals surface area contributed by atoms with Gasteiger partial charge in [0.1, 0.15) is 0 Å². The van der Waals surface area contributed by atoms with Crippen LogP contribution in [0.4, 0.5) is 0 Å². The summed E-state index contributed by atoms with van der Waals surface area (Å²) >= 11 is 4.32. The van der Waals surface area contributed by atoms with Crippen molar-refractivity contribution in [2.75, 3.05) is 0 Å². The lowest BCUT2D eigenvalue weighted by Gasteiger charge is -1.99. The summed E-state index contributed by atoms with van der Waals surface area (Å²) in [5.74, 6) is 0.806. The number of thiol groups is 1. The van der Waals surface area contributed by atoms with Gasteiger partial charge in [-0.25, -0.2) is 0 Å². The molecule has 0 bridgehead atoms. The Morgan fingerprint density at radius 3 is 2.85 bits per heavy atom. The summed E-state index contributed by atoms with van der Waals surface area (Å²) in [4.78, 5) is 0. The number of hydrogen-bond donors (Lipinski definition) is 1. The van der Waals surface area contributed by atoms with Crippen LogP contribution in [0.3, 0.4) is 0 Å². The molecule has 0 aliphatic heterocycles. The number of nitrogens with zero attached hydrogens (tertiary/aromatic N) is 1. The third kappa shape index (κ3) is 1.25. The van der Waals surface area contributed by atoms with Crippen LogP contribution in [0.2, 0.25) is 0 Å². The van der Waals surface area contributed by atoms with Gasteiger partial charge in [-0.2, -0.15) is 12.6 Å². The van der Waals surface area contributed by atoms with Crippen molar-refractivity contribution in [2.45, 2.75) is 12.7 Å². The Hall–Kier alpha value is -0.890. The fourth-order valence-corrected chi connectivity index (χ4v) is 2.13. The highest BCUT2D eigenvalue weighted by Gasteiger charge is 2.05. The van der Waals surface area contributed by atoms with E-state index in [-0.39, 0.29) is 0 Å². The van der Waals surface area contributed by atoms with Gasteiger partial charge in [0.2, 0.25) is 0 Å². The van der Waals surface area contributed by atoms with Crippen LogP contribution in [-0.2, 0) is 12.8 Å². The average molecular weight is 191 g/mol. The normalized spacial score (nSPS) is 11.0. The molecule has 0 radical (unpaired) electrons. The highest BCUT2D eigenvalue weighted by Crippen LogP contribution is 2.24. The molecule has 2 heteroatoms. The van der Waals surface area contributed by atoms with E-state index in [0.717, 1.165) is 5.75 Å². The molecular weight excluding hydrogens is 178 g/mol. The molecule has 0 saturated heterocycles. The average Bonchev–Trinajstić information content (AvgIpc) is 2.44. The molecule has 13 heavy (non-hydrogen) atoms. The first kappa shape index (κ1) is 8.70. The fourth-order valence-electron chi connectivity index (χ4n) is 1.88. The lowest BCUT2D eigenvalue weighted by molar-refractivity contribution is 0.958. The molecule has 0 aliphatic carbocycles. The first-order valence-corrected chi connectivity index (χ1v) is 5.01. The predicted molar refractivity (Wildman–Crippen MR) is 60.3 cm³/mol. The smallest absolute Gasteiger partial charge is 0.0510 e. The van der Waals surface area contributed by atoms with Crippen LogP contribution in [0, 0.1) is 6.92 Å². The summed E-state index contributed by atoms with van der Waals surface area (Å²) in [7, 11) is 2.09. The summed E-state index contributed by atoms with van der Waals surface area (Å²) in [5, 5.41) is 1.33. The minimum Gasteiger partial charge on any atom is -0.350 e. The van der Waals surface area contributed by atoms with Crippen LogP contribution in [0.5, 0.6) is 0 Å². The molecule has 68 valence electrons. The number of aromatic nitrogens is 1. The van der Waals surface area contributed by atoms with E-state index in [4.69, 9.17) is 0 Å². The highest BCUT2D eigenvalue weighted by atomic mass is 32.1. The Bertz CT molecular complexity index is 443. The number of aryl methyl sites for hydroxylation is 2. The minimum absolute atomic E-state index is 0.806. The van der Waals surface area contributed by atoms with Crippen LogP contribution < -0.4 is 0 Å². The number of hydrogen-bond acceptors (Lipinski definition) is 1. The van der Waals surface area contributed by atoms with Gasteiger partial charge in [-0.15, -0.1) is 0 Å². The summed E-state index contributed by atoms with van der Waals surface area (Å²) in [5.41, 5.74) is 3.96.